The molecule has 0 unspecified atom stereocenters. The Hall–Kier alpha value is -2.32. The van der Waals surface area contributed by atoms with Crippen molar-refractivity contribution in [2.75, 3.05) is 19.0 Å². The minimum atomic E-state index is 0. The number of nitrogens with zero attached hydrogens (tertiary/aromatic N) is 2. The van der Waals surface area contributed by atoms with E-state index in [0.717, 1.165) is 0 Å². The zero-order chi connectivity index (χ0) is 14.9. The molecule has 22 heavy (non-hydrogen) atoms. The lowest BCUT2D eigenvalue weighted by Gasteiger charge is -2.12. The average molecular weight is 314 g/mol. The number of para-hydroxylation sites is 2. The smallest absolute Gasteiger partial charge is 0.204 e. The van der Waals surface area contributed by atoms with E-state index in [2.05, 4.69) is 33.7 Å². The largest absolute Gasteiger partial charge is 0.351 e. The first kappa shape index (κ1) is 17.7. The second-order valence-electron chi connectivity index (χ2n) is 4.77. The van der Waals surface area contributed by atoms with Crippen molar-refractivity contribution in [1.29, 1.82) is 0 Å². The van der Waals surface area contributed by atoms with Gasteiger partial charge in [-0.1, -0.05) is 42.5 Å². The second-order valence-corrected chi connectivity index (χ2v) is 4.77. The van der Waals surface area contributed by atoms with E-state index in [1.54, 1.807) is 0 Å². The first-order valence-electron chi connectivity index (χ1n) is 7.01. The number of rotatable bonds is 5. The van der Waals surface area contributed by atoms with Crippen LogP contribution in [0.2, 0.25) is 0 Å². The van der Waals surface area contributed by atoms with Gasteiger partial charge in [-0.3, -0.25) is 0 Å². The molecule has 0 aliphatic carbocycles. The molecule has 2 nitrogen and oxygen atoms in total. The zero-order valence-electron chi connectivity index (χ0n) is 13.0. The molecule has 0 heterocycles. The molecule has 2 aromatic rings. The third-order valence-corrected chi connectivity index (χ3v) is 3.17. The summed E-state index contributed by atoms with van der Waals surface area (Å²) in [7, 11) is 4.08. The molecule has 0 radical (unpaired) electrons. The molecule has 0 N–H and O–H groups in total. The van der Waals surface area contributed by atoms with E-state index in [9.17, 15) is 0 Å². The van der Waals surface area contributed by atoms with E-state index in [4.69, 9.17) is 0 Å². The molecular formula is C19H22ClN2+. The van der Waals surface area contributed by atoms with Gasteiger partial charge in [0, 0.05) is 37.1 Å². The topological polar surface area (TPSA) is 6.25 Å². The molecule has 0 atom stereocenters. The molecule has 0 aromatic heterocycles. The maximum Gasteiger partial charge on any atom is 0.204 e. The van der Waals surface area contributed by atoms with Gasteiger partial charge in [-0.05, 0) is 18.2 Å². The van der Waals surface area contributed by atoms with Gasteiger partial charge in [-0.15, -0.1) is 12.4 Å². The van der Waals surface area contributed by atoms with Crippen LogP contribution in [0.3, 0.4) is 0 Å². The summed E-state index contributed by atoms with van der Waals surface area (Å²) in [5, 5.41) is 0. The fourth-order valence-corrected chi connectivity index (χ4v) is 1.92. The Labute approximate surface area is 139 Å². The standard InChI is InChI=1S/C19H21N2.ClH/c1-20(18-12-6-3-7-13-18)16-10-5-11-17-21(2)19-14-8-4-9-15-19;/h3-17H,1-2H3;1H/q+1;. The van der Waals surface area contributed by atoms with Crippen molar-refractivity contribution in [1.82, 2.24) is 0 Å². The van der Waals surface area contributed by atoms with E-state index in [-0.39, 0.29) is 12.4 Å². The molecule has 0 bridgehead atoms. The van der Waals surface area contributed by atoms with Crippen LogP contribution in [0.1, 0.15) is 0 Å². The molecule has 0 fully saturated rings. The van der Waals surface area contributed by atoms with Crippen LogP contribution in [-0.4, -0.2) is 24.9 Å². The molecule has 114 valence electrons. The number of hydrogen-bond acceptors (Lipinski definition) is 1. The molecular weight excluding hydrogens is 292 g/mol. The van der Waals surface area contributed by atoms with Crippen LogP contribution >= 0.6 is 12.4 Å². The van der Waals surface area contributed by atoms with Crippen molar-refractivity contribution in [3.05, 3.63) is 85.1 Å². The predicted octanol–water partition coefficient (Wildman–Crippen LogP) is 4.66. The van der Waals surface area contributed by atoms with Gasteiger partial charge in [-0.25, -0.2) is 4.58 Å². The van der Waals surface area contributed by atoms with Crippen LogP contribution in [0, 0.1) is 0 Å². The summed E-state index contributed by atoms with van der Waals surface area (Å²) in [4.78, 5) is 2.09. The molecule has 2 aromatic carbocycles. The summed E-state index contributed by atoms with van der Waals surface area (Å²) in [6.45, 7) is 0. The highest BCUT2D eigenvalue weighted by Crippen LogP contribution is 2.11. The molecule has 3 heteroatoms. The van der Waals surface area contributed by atoms with Gasteiger partial charge < -0.3 is 4.90 Å². The third-order valence-electron chi connectivity index (χ3n) is 3.17. The summed E-state index contributed by atoms with van der Waals surface area (Å²) in [5.74, 6) is 0. The van der Waals surface area contributed by atoms with Gasteiger partial charge in [0.25, 0.3) is 0 Å². The molecule has 0 aliphatic heterocycles. The van der Waals surface area contributed by atoms with E-state index < -0.39 is 0 Å². The van der Waals surface area contributed by atoms with Crippen LogP contribution in [0.5, 0.6) is 0 Å². The Morgan fingerprint density at radius 1 is 0.818 bits per heavy atom. The molecule has 0 saturated carbocycles. The highest BCUT2D eigenvalue weighted by molar-refractivity contribution is 5.85. The lowest BCUT2D eigenvalue weighted by atomic mass is 10.3. The summed E-state index contributed by atoms with van der Waals surface area (Å²) >= 11 is 0. The van der Waals surface area contributed by atoms with Gasteiger partial charge in [0.2, 0.25) is 5.69 Å². The summed E-state index contributed by atoms with van der Waals surface area (Å²) in [6, 6.07) is 20.6. The van der Waals surface area contributed by atoms with Crippen molar-refractivity contribution >= 4 is 30.0 Å². The summed E-state index contributed by atoms with van der Waals surface area (Å²) < 4.78 is 2.09. The van der Waals surface area contributed by atoms with Gasteiger partial charge in [0.15, 0.2) is 6.21 Å². The zero-order valence-corrected chi connectivity index (χ0v) is 13.8. The number of halogens is 1. The van der Waals surface area contributed by atoms with Crippen molar-refractivity contribution in [2.45, 2.75) is 0 Å². The molecule has 0 aliphatic rings. The van der Waals surface area contributed by atoms with E-state index in [1.807, 2.05) is 81.1 Å². The van der Waals surface area contributed by atoms with Crippen LogP contribution in [-0.2, 0) is 0 Å². The maximum absolute atomic E-state index is 2.09. The van der Waals surface area contributed by atoms with Gasteiger partial charge in [-0.2, -0.15) is 0 Å². The molecule has 0 amide bonds. The monoisotopic (exact) mass is 313 g/mol. The van der Waals surface area contributed by atoms with Crippen molar-refractivity contribution in [3.63, 3.8) is 0 Å². The molecule has 2 rings (SSSR count). The highest BCUT2D eigenvalue weighted by atomic mass is 35.5. The highest BCUT2D eigenvalue weighted by Gasteiger charge is 1.97. The minimum absolute atomic E-state index is 0. The van der Waals surface area contributed by atoms with Gasteiger partial charge in [0.1, 0.15) is 7.05 Å². The third kappa shape index (κ3) is 5.58. The Morgan fingerprint density at radius 3 is 2.05 bits per heavy atom. The quantitative estimate of drug-likeness (QED) is 0.442. The number of allylic oxidation sites excluding steroid dienone is 3. The normalized spacial score (nSPS) is 11.6. The second kappa shape index (κ2) is 9.59. The summed E-state index contributed by atoms with van der Waals surface area (Å²) in [6.07, 6.45) is 10.2. The van der Waals surface area contributed by atoms with Gasteiger partial charge >= 0.3 is 0 Å². The van der Waals surface area contributed by atoms with Crippen LogP contribution in [0.4, 0.5) is 11.4 Å². The Kier molecular flexibility index (Phi) is 7.73. The van der Waals surface area contributed by atoms with Crippen molar-refractivity contribution in [2.24, 2.45) is 0 Å². The lowest BCUT2D eigenvalue weighted by Crippen LogP contribution is -2.06. The fraction of sp³-hybridized carbons (Fsp3) is 0.105. The van der Waals surface area contributed by atoms with E-state index in [1.165, 1.54) is 11.4 Å². The number of benzene rings is 2. The van der Waals surface area contributed by atoms with Crippen LogP contribution in [0.15, 0.2) is 85.1 Å². The fourth-order valence-electron chi connectivity index (χ4n) is 1.92. The van der Waals surface area contributed by atoms with Crippen LogP contribution < -0.4 is 4.90 Å². The van der Waals surface area contributed by atoms with Crippen molar-refractivity contribution in [3.8, 4) is 0 Å². The Morgan fingerprint density at radius 2 is 1.41 bits per heavy atom. The maximum atomic E-state index is 2.09. The number of anilines is 1. The molecule has 0 saturated heterocycles. The van der Waals surface area contributed by atoms with Crippen molar-refractivity contribution < 1.29 is 4.58 Å². The minimum Gasteiger partial charge on any atom is -0.351 e. The van der Waals surface area contributed by atoms with Crippen LogP contribution in [0.25, 0.3) is 0 Å². The first-order valence-corrected chi connectivity index (χ1v) is 7.01. The molecule has 0 spiro atoms. The average Bonchev–Trinajstić information content (AvgIpc) is 2.55. The van der Waals surface area contributed by atoms with E-state index in [0.29, 0.717) is 0 Å². The van der Waals surface area contributed by atoms with Gasteiger partial charge in [0.05, 0.1) is 0 Å². The lowest BCUT2D eigenvalue weighted by molar-refractivity contribution is -0.398. The van der Waals surface area contributed by atoms with E-state index >= 15 is 0 Å². The first-order chi connectivity index (χ1) is 10.3. The SMILES string of the molecule is CN(C=CC=CC=[N+](C)c1ccccc1)c1ccccc1.Cl. The Balaban J connectivity index is 0.00000242. The predicted molar refractivity (Wildman–Crippen MR) is 98.7 cm³/mol. The Bertz CT molecular complexity index is 631. The number of hydrogen-bond donors (Lipinski definition) is 0. The summed E-state index contributed by atoms with van der Waals surface area (Å²) in [5.41, 5.74) is 2.35.